The molecular weight excluding hydrogens is 312 g/mol. The number of ketones is 2. The molecule has 0 aliphatic carbocycles. The van der Waals surface area contributed by atoms with Crippen molar-refractivity contribution in [2.75, 3.05) is 0 Å². The van der Waals surface area contributed by atoms with E-state index in [4.69, 9.17) is 9.47 Å². The van der Waals surface area contributed by atoms with Gasteiger partial charge in [0.25, 0.3) is 0 Å². The number of ether oxygens (including phenoxy) is 2. The van der Waals surface area contributed by atoms with Crippen LogP contribution in [0.2, 0.25) is 0 Å². The monoisotopic (exact) mass is 336 g/mol. The summed E-state index contributed by atoms with van der Waals surface area (Å²) in [6, 6.07) is 7.26. The van der Waals surface area contributed by atoms with E-state index in [-0.39, 0.29) is 50.5 Å². The molecule has 132 valence electrons. The van der Waals surface area contributed by atoms with Crippen LogP contribution >= 0.6 is 0 Å². The summed E-state index contributed by atoms with van der Waals surface area (Å²) in [6.07, 6.45) is -0.266. The molecule has 0 spiro atoms. The quantitative estimate of drug-likeness (QED) is 0.492. The molecule has 0 aromatic heterocycles. The van der Waals surface area contributed by atoms with Gasteiger partial charge in [-0.2, -0.15) is 0 Å². The highest BCUT2D eigenvalue weighted by molar-refractivity contribution is 5.80. The van der Waals surface area contributed by atoms with E-state index in [1.54, 1.807) is 6.07 Å². The van der Waals surface area contributed by atoms with Gasteiger partial charge >= 0.3 is 5.97 Å². The summed E-state index contributed by atoms with van der Waals surface area (Å²) in [6.45, 7) is 3.12. The first-order valence-electron chi connectivity index (χ1n) is 7.89. The van der Waals surface area contributed by atoms with Gasteiger partial charge in [0.1, 0.15) is 18.2 Å². The normalized spacial score (nSPS) is 11.8. The Labute approximate surface area is 141 Å². The number of esters is 1. The summed E-state index contributed by atoms with van der Waals surface area (Å²) in [4.78, 5) is 33.3. The molecule has 1 aromatic carbocycles. The lowest BCUT2D eigenvalue weighted by molar-refractivity contribution is -0.146. The molecule has 1 rings (SSSR count). The third-order valence-corrected chi connectivity index (χ3v) is 3.36. The third-order valence-electron chi connectivity index (χ3n) is 3.36. The Morgan fingerprint density at radius 3 is 2.12 bits per heavy atom. The molecule has 6 heteroatoms. The molecule has 1 aromatic rings. The lowest BCUT2D eigenvalue weighted by Crippen LogP contribution is -2.14. The average Bonchev–Trinajstić information content (AvgIpc) is 2.55. The summed E-state index contributed by atoms with van der Waals surface area (Å²) in [7, 11) is 0. The minimum atomic E-state index is -1.01. The van der Waals surface area contributed by atoms with Gasteiger partial charge in [0.05, 0.1) is 13.0 Å². The molecule has 1 unspecified atom stereocenters. The van der Waals surface area contributed by atoms with Crippen molar-refractivity contribution in [2.24, 2.45) is 0 Å². The first kappa shape index (κ1) is 20.0. The summed E-state index contributed by atoms with van der Waals surface area (Å²) >= 11 is 0. The molecule has 0 fully saturated rings. The van der Waals surface area contributed by atoms with Gasteiger partial charge in [-0.05, 0) is 25.0 Å². The molecule has 0 heterocycles. The Morgan fingerprint density at radius 1 is 0.958 bits per heavy atom. The minimum Gasteiger partial charge on any atom is -0.461 e. The lowest BCUT2D eigenvalue weighted by Gasteiger charge is -2.14. The van der Waals surface area contributed by atoms with Crippen LogP contribution in [0.25, 0.3) is 0 Å². The molecule has 0 aliphatic rings. The van der Waals surface area contributed by atoms with Crippen LogP contribution in [0.4, 0.5) is 0 Å². The topological polar surface area (TPSA) is 89.9 Å². The van der Waals surface area contributed by atoms with E-state index in [1.165, 1.54) is 13.8 Å². The van der Waals surface area contributed by atoms with Crippen LogP contribution in [-0.2, 0) is 37.1 Å². The van der Waals surface area contributed by atoms with Gasteiger partial charge in [0.2, 0.25) is 0 Å². The number of aliphatic hydroxyl groups excluding tert-OH is 1. The van der Waals surface area contributed by atoms with Crippen molar-refractivity contribution >= 4 is 17.5 Å². The summed E-state index contributed by atoms with van der Waals surface area (Å²) < 4.78 is 10.5. The molecule has 0 bridgehead atoms. The zero-order valence-electron chi connectivity index (χ0n) is 14.1. The number of hydrogen-bond donors (Lipinski definition) is 1. The van der Waals surface area contributed by atoms with Crippen LogP contribution in [-0.4, -0.2) is 28.9 Å². The second kappa shape index (κ2) is 10.7. The number of benzene rings is 1. The largest absolute Gasteiger partial charge is 0.461 e. The van der Waals surface area contributed by atoms with Crippen molar-refractivity contribution in [3.63, 3.8) is 0 Å². The smallest absolute Gasteiger partial charge is 0.306 e. The van der Waals surface area contributed by atoms with Crippen LogP contribution in [0.3, 0.4) is 0 Å². The van der Waals surface area contributed by atoms with Crippen molar-refractivity contribution in [3.8, 4) is 0 Å². The fourth-order valence-corrected chi connectivity index (χ4v) is 1.94. The molecule has 1 atom stereocenters. The van der Waals surface area contributed by atoms with Gasteiger partial charge < -0.3 is 24.2 Å². The van der Waals surface area contributed by atoms with Gasteiger partial charge in [0, 0.05) is 19.3 Å². The standard InChI is InChI=1S/C18H24O6/c1-13(19)7-9-17(21)23-11-15-5-3-4-6-16(15)12-24-18(22)10-8-14(2)20/h3-6,17,21H,7-12H2,1-2H3. The summed E-state index contributed by atoms with van der Waals surface area (Å²) in [5, 5.41) is 9.70. The van der Waals surface area contributed by atoms with Gasteiger partial charge in [-0.3, -0.25) is 4.79 Å². The Hall–Kier alpha value is -2.05. The van der Waals surface area contributed by atoms with E-state index in [0.717, 1.165) is 11.1 Å². The van der Waals surface area contributed by atoms with Crippen molar-refractivity contribution < 1.29 is 29.0 Å². The number of carbonyl (C=O) groups is 3. The lowest BCUT2D eigenvalue weighted by atomic mass is 10.1. The van der Waals surface area contributed by atoms with Gasteiger partial charge in [-0.25, -0.2) is 0 Å². The van der Waals surface area contributed by atoms with Crippen LogP contribution in [0.5, 0.6) is 0 Å². The van der Waals surface area contributed by atoms with Crippen LogP contribution in [0.15, 0.2) is 24.3 Å². The van der Waals surface area contributed by atoms with E-state index >= 15 is 0 Å². The van der Waals surface area contributed by atoms with E-state index in [2.05, 4.69) is 0 Å². The summed E-state index contributed by atoms with van der Waals surface area (Å²) in [5.74, 6) is -0.488. The molecule has 6 nitrogen and oxygen atoms in total. The maximum atomic E-state index is 11.6. The third kappa shape index (κ3) is 8.55. The predicted octanol–water partition coefficient (Wildman–Crippen LogP) is 2.30. The van der Waals surface area contributed by atoms with E-state index < -0.39 is 12.3 Å². The zero-order valence-corrected chi connectivity index (χ0v) is 14.1. The Bertz CT molecular complexity index is 566. The maximum Gasteiger partial charge on any atom is 0.306 e. The van der Waals surface area contributed by atoms with Gasteiger partial charge in [-0.15, -0.1) is 0 Å². The van der Waals surface area contributed by atoms with Crippen molar-refractivity contribution in [1.29, 1.82) is 0 Å². The SMILES string of the molecule is CC(=O)CCC(=O)OCc1ccccc1COC(O)CCC(C)=O. The Balaban J connectivity index is 2.48. The van der Waals surface area contributed by atoms with E-state index in [9.17, 15) is 19.5 Å². The number of rotatable bonds is 11. The van der Waals surface area contributed by atoms with Gasteiger partial charge in [0.15, 0.2) is 6.29 Å². The van der Waals surface area contributed by atoms with Crippen LogP contribution in [0, 0.1) is 0 Å². The van der Waals surface area contributed by atoms with Gasteiger partial charge in [-0.1, -0.05) is 24.3 Å². The highest BCUT2D eigenvalue weighted by atomic mass is 16.6. The molecule has 0 amide bonds. The second-order valence-corrected chi connectivity index (χ2v) is 5.64. The average molecular weight is 336 g/mol. The Kier molecular flexibility index (Phi) is 8.89. The molecular formula is C18H24O6. The highest BCUT2D eigenvalue weighted by Gasteiger charge is 2.10. The molecule has 0 aliphatic heterocycles. The summed E-state index contributed by atoms with van der Waals surface area (Å²) in [5.41, 5.74) is 1.56. The fourth-order valence-electron chi connectivity index (χ4n) is 1.94. The highest BCUT2D eigenvalue weighted by Crippen LogP contribution is 2.14. The molecule has 24 heavy (non-hydrogen) atoms. The van der Waals surface area contributed by atoms with Crippen molar-refractivity contribution in [1.82, 2.24) is 0 Å². The second-order valence-electron chi connectivity index (χ2n) is 5.64. The molecule has 1 N–H and O–H groups in total. The van der Waals surface area contributed by atoms with Crippen molar-refractivity contribution in [3.05, 3.63) is 35.4 Å². The molecule has 0 saturated carbocycles. The Morgan fingerprint density at radius 2 is 1.54 bits per heavy atom. The minimum absolute atomic E-state index is 0.00414. The van der Waals surface area contributed by atoms with E-state index in [0.29, 0.717) is 0 Å². The predicted molar refractivity (Wildman–Crippen MR) is 86.9 cm³/mol. The number of aliphatic hydroxyl groups is 1. The first-order chi connectivity index (χ1) is 11.4. The maximum absolute atomic E-state index is 11.6. The number of carbonyl (C=O) groups excluding carboxylic acids is 3. The fraction of sp³-hybridized carbons (Fsp3) is 0.500. The first-order valence-corrected chi connectivity index (χ1v) is 7.89. The van der Waals surface area contributed by atoms with Crippen LogP contribution in [0.1, 0.15) is 50.7 Å². The molecule has 0 radical (unpaired) electrons. The zero-order chi connectivity index (χ0) is 17.9. The molecule has 0 saturated heterocycles. The number of hydrogen-bond acceptors (Lipinski definition) is 6. The van der Waals surface area contributed by atoms with Crippen LogP contribution < -0.4 is 0 Å². The van der Waals surface area contributed by atoms with Crippen molar-refractivity contribution in [2.45, 2.75) is 59.0 Å². The van der Waals surface area contributed by atoms with E-state index in [1.807, 2.05) is 18.2 Å². The number of Topliss-reactive ketones (excluding diaryl/α,β-unsaturated/α-hetero) is 2.